The molecule has 3 heteroatoms. The van der Waals surface area contributed by atoms with Crippen molar-refractivity contribution < 1.29 is 0 Å². The molecule has 0 spiro atoms. The zero-order valence-corrected chi connectivity index (χ0v) is 8.33. The summed E-state index contributed by atoms with van der Waals surface area (Å²) in [7, 11) is 0. The van der Waals surface area contributed by atoms with E-state index in [-0.39, 0.29) is 6.04 Å². The van der Waals surface area contributed by atoms with Crippen molar-refractivity contribution in [1.29, 1.82) is 0 Å². The molecule has 1 aromatic carbocycles. The minimum Gasteiger partial charge on any atom is -0.370 e. The second kappa shape index (κ2) is 3.70. The number of nitrogens with two attached hydrogens (primary N) is 1. The van der Waals surface area contributed by atoms with Gasteiger partial charge in [-0.1, -0.05) is 31.2 Å². The molecule has 1 unspecified atom stereocenters. The summed E-state index contributed by atoms with van der Waals surface area (Å²) >= 11 is 0. The van der Waals surface area contributed by atoms with E-state index < -0.39 is 0 Å². The Balaban J connectivity index is 2.11. The summed E-state index contributed by atoms with van der Waals surface area (Å²) < 4.78 is 0. The first-order chi connectivity index (χ1) is 6.79. The van der Waals surface area contributed by atoms with Crippen molar-refractivity contribution in [2.75, 3.05) is 6.54 Å². The highest BCUT2D eigenvalue weighted by Gasteiger charge is 2.16. The molecule has 0 saturated carbocycles. The van der Waals surface area contributed by atoms with Gasteiger partial charge in [0.2, 0.25) is 0 Å². The van der Waals surface area contributed by atoms with Crippen LogP contribution >= 0.6 is 0 Å². The Labute approximate surface area is 84.0 Å². The van der Waals surface area contributed by atoms with E-state index >= 15 is 0 Å². The van der Waals surface area contributed by atoms with Crippen LogP contribution in [0.1, 0.15) is 24.1 Å². The number of nitrogens with one attached hydrogen (secondary N) is 1. The van der Waals surface area contributed by atoms with Crippen LogP contribution in [0.4, 0.5) is 0 Å². The fourth-order valence-electron chi connectivity index (χ4n) is 1.63. The highest BCUT2D eigenvalue weighted by atomic mass is 15.2. The maximum atomic E-state index is 5.56. The molecular formula is C11H15N3. The van der Waals surface area contributed by atoms with Gasteiger partial charge in [0.25, 0.3) is 0 Å². The molecule has 0 fully saturated rings. The van der Waals surface area contributed by atoms with Crippen LogP contribution in [-0.2, 0) is 6.42 Å². The summed E-state index contributed by atoms with van der Waals surface area (Å²) in [6.45, 7) is 2.90. The number of rotatable bonds is 2. The van der Waals surface area contributed by atoms with Gasteiger partial charge in [-0.25, -0.2) is 0 Å². The van der Waals surface area contributed by atoms with Gasteiger partial charge in [-0.15, -0.1) is 0 Å². The van der Waals surface area contributed by atoms with Crippen LogP contribution in [0.25, 0.3) is 0 Å². The predicted molar refractivity (Wildman–Crippen MR) is 58.2 cm³/mol. The highest BCUT2D eigenvalue weighted by molar-refractivity contribution is 5.80. The van der Waals surface area contributed by atoms with Crippen molar-refractivity contribution in [3.8, 4) is 0 Å². The molecule has 74 valence electrons. The average Bonchev–Trinajstić information content (AvgIpc) is 2.65. The van der Waals surface area contributed by atoms with Crippen LogP contribution < -0.4 is 11.1 Å². The van der Waals surface area contributed by atoms with Gasteiger partial charge < -0.3 is 11.1 Å². The molecule has 0 radical (unpaired) electrons. The zero-order chi connectivity index (χ0) is 9.97. The second-order valence-corrected chi connectivity index (χ2v) is 3.52. The van der Waals surface area contributed by atoms with Crippen molar-refractivity contribution in [1.82, 2.24) is 5.32 Å². The third kappa shape index (κ3) is 1.71. The zero-order valence-electron chi connectivity index (χ0n) is 8.33. The predicted octanol–water partition coefficient (Wildman–Crippen LogP) is 1.21. The Morgan fingerprint density at radius 3 is 2.64 bits per heavy atom. The maximum Gasteiger partial charge on any atom is 0.189 e. The van der Waals surface area contributed by atoms with E-state index in [4.69, 9.17) is 5.73 Å². The largest absolute Gasteiger partial charge is 0.370 e. The van der Waals surface area contributed by atoms with Crippen molar-refractivity contribution in [3.05, 3.63) is 35.4 Å². The number of guanidine groups is 1. The molecule has 0 amide bonds. The van der Waals surface area contributed by atoms with Crippen LogP contribution in [0.3, 0.4) is 0 Å². The monoisotopic (exact) mass is 189 g/mol. The molecule has 0 aliphatic carbocycles. The lowest BCUT2D eigenvalue weighted by Gasteiger charge is -2.11. The third-order valence-electron chi connectivity index (χ3n) is 2.56. The van der Waals surface area contributed by atoms with Gasteiger partial charge in [-0.3, -0.25) is 4.99 Å². The van der Waals surface area contributed by atoms with Crippen LogP contribution in [0.2, 0.25) is 0 Å². The number of nitrogens with zero attached hydrogens (tertiary/aromatic N) is 1. The Kier molecular flexibility index (Phi) is 2.39. The fourth-order valence-corrected chi connectivity index (χ4v) is 1.63. The Morgan fingerprint density at radius 1 is 1.43 bits per heavy atom. The third-order valence-corrected chi connectivity index (χ3v) is 2.56. The molecule has 1 heterocycles. The van der Waals surface area contributed by atoms with Crippen LogP contribution in [0, 0.1) is 0 Å². The molecule has 2 rings (SSSR count). The van der Waals surface area contributed by atoms with Gasteiger partial charge in [0.15, 0.2) is 5.96 Å². The fraction of sp³-hybridized carbons (Fsp3) is 0.364. The lowest BCUT2D eigenvalue weighted by Crippen LogP contribution is -2.29. The van der Waals surface area contributed by atoms with Gasteiger partial charge in [0.1, 0.15) is 0 Å². The summed E-state index contributed by atoms with van der Waals surface area (Å²) in [5.74, 6) is 0.551. The van der Waals surface area contributed by atoms with E-state index in [9.17, 15) is 0 Å². The second-order valence-electron chi connectivity index (χ2n) is 3.52. The number of benzene rings is 1. The van der Waals surface area contributed by atoms with E-state index in [1.54, 1.807) is 0 Å². The molecule has 0 saturated heterocycles. The number of hydrogen-bond donors (Lipinski definition) is 2. The summed E-state index contributed by atoms with van der Waals surface area (Å²) in [4.78, 5) is 4.12. The highest BCUT2D eigenvalue weighted by Crippen LogP contribution is 2.17. The maximum absolute atomic E-state index is 5.56. The first-order valence-corrected chi connectivity index (χ1v) is 4.95. The normalized spacial score (nSPS) is 20.4. The molecule has 0 aromatic heterocycles. The average molecular weight is 189 g/mol. The van der Waals surface area contributed by atoms with Crippen molar-refractivity contribution in [2.24, 2.45) is 10.7 Å². The summed E-state index contributed by atoms with van der Waals surface area (Å²) in [6.07, 6.45) is 1.08. The van der Waals surface area contributed by atoms with Crippen molar-refractivity contribution in [2.45, 2.75) is 19.4 Å². The van der Waals surface area contributed by atoms with Gasteiger partial charge in [0.05, 0.1) is 12.6 Å². The SMILES string of the molecule is CCc1ccc(C2CN=C(N)N2)cc1. The Morgan fingerprint density at radius 2 is 2.14 bits per heavy atom. The molecule has 3 N–H and O–H groups in total. The molecule has 1 aliphatic rings. The van der Waals surface area contributed by atoms with Crippen molar-refractivity contribution >= 4 is 5.96 Å². The molecule has 1 aromatic rings. The first-order valence-electron chi connectivity index (χ1n) is 4.95. The van der Waals surface area contributed by atoms with Gasteiger partial charge in [0, 0.05) is 0 Å². The van der Waals surface area contributed by atoms with Crippen LogP contribution in [-0.4, -0.2) is 12.5 Å². The Bertz CT molecular complexity index is 340. The molecule has 1 aliphatic heterocycles. The minimum absolute atomic E-state index is 0.265. The minimum atomic E-state index is 0.265. The molecule has 1 atom stereocenters. The summed E-state index contributed by atoms with van der Waals surface area (Å²) in [6, 6.07) is 8.87. The van der Waals surface area contributed by atoms with Gasteiger partial charge in [-0.05, 0) is 17.5 Å². The lowest BCUT2D eigenvalue weighted by atomic mass is 10.0. The molecular weight excluding hydrogens is 174 g/mol. The van der Waals surface area contributed by atoms with Gasteiger partial charge >= 0.3 is 0 Å². The van der Waals surface area contributed by atoms with Gasteiger partial charge in [-0.2, -0.15) is 0 Å². The molecule has 0 bridgehead atoms. The smallest absolute Gasteiger partial charge is 0.189 e. The van der Waals surface area contributed by atoms with Crippen LogP contribution in [0.15, 0.2) is 29.3 Å². The van der Waals surface area contributed by atoms with E-state index in [1.165, 1.54) is 11.1 Å². The summed E-state index contributed by atoms with van der Waals surface area (Å²) in [5, 5.41) is 3.14. The number of aryl methyl sites for hydroxylation is 1. The van der Waals surface area contributed by atoms with E-state index in [0.717, 1.165) is 13.0 Å². The van der Waals surface area contributed by atoms with E-state index in [1.807, 2.05) is 0 Å². The molecule has 3 nitrogen and oxygen atoms in total. The quantitative estimate of drug-likeness (QED) is 0.734. The Hall–Kier alpha value is -1.51. The number of aliphatic imine (C=N–C) groups is 1. The standard InChI is InChI=1S/C11H15N3/c1-2-8-3-5-9(6-4-8)10-7-13-11(12)14-10/h3-6,10H,2,7H2,1H3,(H3,12,13,14). The first kappa shape index (κ1) is 9.06. The van der Waals surface area contributed by atoms with Crippen LogP contribution in [0.5, 0.6) is 0 Å². The molecule has 14 heavy (non-hydrogen) atoms. The van der Waals surface area contributed by atoms with Crippen molar-refractivity contribution in [3.63, 3.8) is 0 Å². The number of hydrogen-bond acceptors (Lipinski definition) is 3. The van der Waals surface area contributed by atoms with E-state index in [0.29, 0.717) is 5.96 Å². The lowest BCUT2D eigenvalue weighted by molar-refractivity contribution is 0.707. The van der Waals surface area contributed by atoms with E-state index in [2.05, 4.69) is 41.5 Å². The topological polar surface area (TPSA) is 50.4 Å². The summed E-state index contributed by atoms with van der Waals surface area (Å²) in [5.41, 5.74) is 8.18.